The summed E-state index contributed by atoms with van der Waals surface area (Å²) in [6.07, 6.45) is 7.77. The highest BCUT2D eigenvalue weighted by Crippen LogP contribution is 2.38. The minimum Gasteiger partial charge on any atom is -0.281 e. The summed E-state index contributed by atoms with van der Waals surface area (Å²) >= 11 is 0. The van der Waals surface area contributed by atoms with Crippen LogP contribution in [0.4, 0.5) is 0 Å². The van der Waals surface area contributed by atoms with Crippen LogP contribution < -0.4 is 4.72 Å². The standard InChI is InChI=1S/C11H17N3O2S/c15-17(16,14-9-5-2-6-9)10-7-12-13-11(10)8-3-1-4-8/h7-9,14H,1-6H2,(H,12,13). The average molecular weight is 255 g/mol. The van der Waals surface area contributed by atoms with Crippen molar-refractivity contribution in [1.29, 1.82) is 0 Å². The molecule has 0 aliphatic heterocycles. The van der Waals surface area contributed by atoms with Crippen molar-refractivity contribution in [3.8, 4) is 0 Å². The third kappa shape index (κ3) is 1.99. The Morgan fingerprint density at radius 3 is 2.47 bits per heavy atom. The van der Waals surface area contributed by atoms with Gasteiger partial charge >= 0.3 is 0 Å². The van der Waals surface area contributed by atoms with E-state index in [9.17, 15) is 8.42 Å². The Morgan fingerprint density at radius 1 is 1.24 bits per heavy atom. The molecule has 0 unspecified atom stereocenters. The molecular weight excluding hydrogens is 238 g/mol. The summed E-state index contributed by atoms with van der Waals surface area (Å²) < 4.78 is 27.1. The van der Waals surface area contributed by atoms with Crippen LogP contribution in [0.25, 0.3) is 0 Å². The number of nitrogens with one attached hydrogen (secondary N) is 2. The Kier molecular flexibility index (Phi) is 2.71. The molecule has 2 fully saturated rings. The monoisotopic (exact) mass is 255 g/mol. The van der Waals surface area contributed by atoms with Crippen molar-refractivity contribution >= 4 is 10.0 Å². The molecule has 1 heterocycles. The van der Waals surface area contributed by atoms with Crippen molar-refractivity contribution < 1.29 is 8.42 Å². The van der Waals surface area contributed by atoms with Crippen molar-refractivity contribution in [3.63, 3.8) is 0 Å². The molecule has 3 rings (SSSR count). The average Bonchev–Trinajstić information content (AvgIpc) is 2.58. The first-order chi connectivity index (χ1) is 8.17. The first kappa shape index (κ1) is 11.2. The van der Waals surface area contributed by atoms with E-state index in [1.807, 2.05) is 0 Å². The quantitative estimate of drug-likeness (QED) is 0.856. The van der Waals surface area contributed by atoms with Gasteiger partial charge in [-0.1, -0.05) is 12.8 Å². The van der Waals surface area contributed by atoms with Gasteiger partial charge in [-0.15, -0.1) is 0 Å². The van der Waals surface area contributed by atoms with Gasteiger partial charge < -0.3 is 0 Å². The Bertz CT molecular complexity index is 501. The topological polar surface area (TPSA) is 74.8 Å². The SMILES string of the molecule is O=S(=O)(NC1CCC1)c1cn[nH]c1C1CCC1. The lowest BCUT2D eigenvalue weighted by molar-refractivity contribution is 0.381. The number of sulfonamides is 1. The molecule has 17 heavy (non-hydrogen) atoms. The van der Waals surface area contributed by atoms with E-state index in [-0.39, 0.29) is 6.04 Å². The van der Waals surface area contributed by atoms with Crippen LogP contribution in [0.3, 0.4) is 0 Å². The molecule has 0 saturated heterocycles. The fraction of sp³-hybridized carbons (Fsp3) is 0.727. The molecule has 2 saturated carbocycles. The molecule has 1 aromatic heterocycles. The summed E-state index contributed by atoms with van der Waals surface area (Å²) in [7, 11) is -3.37. The molecule has 0 spiro atoms. The minimum atomic E-state index is -3.37. The maximum absolute atomic E-state index is 12.2. The van der Waals surface area contributed by atoms with Crippen LogP contribution in [0, 0.1) is 0 Å². The van der Waals surface area contributed by atoms with Crippen molar-refractivity contribution in [1.82, 2.24) is 14.9 Å². The normalized spacial score (nSPS) is 22.1. The van der Waals surface area contributed by atoms with Gasteiger partial charge in [0.15, 0.2) is 0 Å². The number of H-pyrrole nitrogens is 1. The van der Waals surface area contributed by atoms with E-state index in [1.165, 1.54) is 12.6 Å². The molecule has 0 bridgehead atoms. The van der Waals surface area contributed by atoms with Gasteiger partial charge in [-0.3, -0.25) is 5.10 Å². The predicted octanol–water partition coefficient (Wildman–Crippen LogP) is 1.51. The molecule has 2 aliphatic rings. The van der Waals surface area contributed by atoms with Gasteiger partial charge in [0.1, 0.15) is 4.90 Å². The number of rotatable bonds is 4. The summed E-state index contributed by atoms with van der Waals surface area (Å²) in [5.41, 5.74) is 0.795. The van der Waals surface area contributed by atoms with Gasteiger partial charge in [-0.05, 0) is 25.7 Å². The van der Waals surface area contributed by atoms with Crippen LogP contribution in [0.5, 0.6) is 0 Å². The second kappa shape index (κ2) is 4.10. The molecule has 2 aliphatic carbocycles. The third-order valence-corrected chi connectivity index (χ3v) is 5.41. The summed E-state index contributed by atoms with van der Waals surface area (Å²) in [4.78, 5) is 0.356. The molecule has 0 aromatic carbocycles. The summed E-state index contributed by atoms with van der Waals surface area (Å²) in [5.74, 6) is 0.352. The molecule has 1 aromatic rings. The molecular formula is C11H17N3O2S. The lowest BCUT2D eigenvalue weighted by Crippen LogP contribution is -2.39. The number of hydrogen-bond donors (Lipinski definition) is 2. The van der Waals surface area contributed by atoms with E-state index in [1.54, 1.807) is 0 Å². The zero-order chi connectivity index (χ0) is 11.9. The van der Waals surface area contributed by atoms with Crippen LogP contribution in [0.1, 0.15) is 50.1 Å². The van der Waals surface area contributed by atoms with Gasteiger partial charge in [0.25, 0.3) is 0 Å². The molecule has 0 amide bonds. The van der Waals surface area contributed by atoms with E-state index in [4.69, 9.17) is 0 Å². The molecule has 0 atom stereocenters. The highest BCUT2D eigenvalue weighted by molar-refractivity contribution is 7.89. The maximum Gasteiger partial charge on any atom is 0.244 e. The van der Waals surface area contributed by atoms with Crippen molar-refractivity contribution in [3.05, 3.63) is 11.9 Å². The van der Waals surface area contributed by atoms with Crippen molar-refractivity contribution in [2.24, 2.45) is 0 Å². The van der Waals surface area contributed by atoms with Crippen LogP contribution in [0.15, 0.2) is 11.1 Å². The van der Waals surface area contributed by atoms with E-state index in [0.29, 0.717) is 10.8 Å². The van der Waals surface area contributed by atoms with Crippen LogP contribution in [-0.2, 0) is 10.0 Å². The highest BCUT2D eigenvalue weighted by Gasteiger charge is 2.31. The molecule has 2 N–H and O–H groups in total. The lowest BCUT2D eigenvalue weighted by atomic mass is 9.83. The fourth-order valence-corrected chi connectivity index (χ4v) is 3.79. The first-order valence-corrected chi connectivity index (χ1v) is 7.71. The van der Waals surface area contributed by atoms with Crippen LogP contribution in [-0.4, -0.2) is 24.7 Å². The summed E-state index contributed by atoms with van der Waals surface area (Å²) in [6.45, 7) is 0. The first-order valence-electron chi connectivity index (χ1n) is 6.22. The maximum atomic E-state index is 12.2. The summed E-state index contributed by atoms with van der Waals surface area (Å²) in [6, 6.07) is 0.129. The largest absolute Gasteiger partial charge is 0.281 e. The van der Waals surface area contributed by atoms with E-state index >= 15 is 0 Å². The Hall–Kier alpha value is -0.880. The fourth-order valence-electron chi connectivity index (χ4n) is 2.30. The second-order valence-electron chi connectivity index (χ2n) is 5.02. The predicted molar refractivity (Wildman–Crippen MR) is 63.1 cm³/mol. The number of aromatic amines is 1. The Labute approximate surface area is 101 Å². The molecule has 94 valence electrons. The van der Waals surface area contributed by atoms with Crippen LogP contribution in [0.2, 0.25) is 0 Å². The highest BCUT2D eigenvalue weighted by atomic mass is 32.2. The Morgan fingerprint density at radius 2 is 1.94 bits per heavy atom. The number of aromatic nitrogens is 2. The van der Waals surface area contributed by atoms with Gasteiger partial charge in [0, 0.05) is 12.0 Å². The second-order valence-corrected chi connectivity index (χ2v) is 6.71. The zero-order valence-electron chi connectivity index (χ0n) is 9.65. The smallest absolute Gasteiger partial charge is 0.244 e. The molecule has 6 heteroatoms. The summed E-state index contributed by atoms with van der Waals surface area (Å²) in [5, 5.41) is 6.75. The molecule has 5 nitrogen and oxygen atoms in total. The third-order valence-electron chi connectivity index (χ3n) is 3.86. The minimum absolute atomic E-state index is 0.129. The van der Waals surface area contributed by atoms with Gasteiger partial charge in [-0.25, -0.2) is 13.1 Å². The van der Waals surface area contributed by atoms with Crippen molar-refractivity contribution in [2.45, 2.75) is 55.4 Å². The van der Waals surface area contributed by atoms with E-state index in [0.717, 1.165) is 37.8 Å². The zero-order valence-corrected chi connectivity index (χ0v) is 10.5. The van der Waals surface area contributed by atoms with E-state index < -0.39 is 10.0 Å². The Balaban J connectivity index is 1.83. The lowest BCUT2D eigenvalue weighted by Gasteiger charge is -2.28. The number of nitrogens with zero attached hydrogens (tertiary/aromatic N) is 1. The van der Waals surface area contributed by atoms with Gasteiger partial charge in [0.2, 0.25) is 10.0 Å². The van der Waals surface area contributed by atoms with E-state index in [2.05, 4.69) is 14.9 Å². The van der Waals surface area contributed by atoms with Crippen molar-refractivity contribution in [2.75, 3.05) is 0 Å². The van der Waals surface area contributed by atoms with Gasteiger partial charge in [-0.2, -0.15) is 5.10 Å². The van der Waals surface area contributed by atoms with Crippen LogP contribution >= 0.6 is 0 Å². The van der Waals surface area contributed by atoms with Gasteiger partial charge in [0.05, 0.1) is 11.9 Å². The molecule has 0 radical (unpaired) electrons. The number of hydrogen-bond acceptors (Lipinski definition) is 3.